The molecule has 1 rings (SSSR count). The molecule has 0 radical (unpaired) electrons. The highest BCUT2D eigenvalue weighted by Gasteiger charge is 2.02. The molecule has 0 saturated heterocycles. The minimum absolute atomic E-state index is 0.662. The molecule has 0 aromatic heterocycles. The Morgan fingerprint density at radius 3 is 2.19 bits per heavy atom. The molecule has 0 amide bonds. The van der Waals surface area contributed by atoms with E-state index in [-0.39, 0.29) is 0 Å². The van der Waals surface area contributed by atoms with Gasteiger partial charge in [-0.15, -0.1) is 0 Å². The summed E-state index contributed by atoms with van der Waals surface area (Å²) in [5.74, 6) is 1.68. The van der Waals surface area contributed by atoms with Gasteiger partial charge in [-0.2, -0.15) is 0 Å². The van der Waals surface area contributed by atoms with Crippen LogP contribution in [0.5, 0.6) is 11.5 Å². The molecule has 90 valence electrons. The van der Waals surface area contributed by atoms with E-state index in [0.29, 0.717) is 6.61 Å². The zero-order valence-electron chi connectivity index (χ0n) is 9.75. The summed E-state index contributed by atoms with van der Waals surface area (Å²) in [5, 5.41) is 0.831. The van der Waals surface area contributed by atoms with Crippen LogP contribution >= 0.6 is 15.9 Å². The standard InChI is InChI=1S/C13H19BrO2/c1-2-3-6-10-15-12-7-4-5-8-13(12)16-11-9-14/h4-5,7-8H,2-3,6,9-11H2,1H3. The number of ether oxygens (including phenoxy) is 2. The van der Waals surface area contributed by atoms with Crippen molar-refractivity contribution >= 4 is 15.9 Å². The first kappa shape index (κ1) is 13.4. The van der Waals surface area contributed by atoms with Gasteiger partial charge in [-0.25, -0.2) is 0 Å². The molecule has 3 heteroatoms. The first-order valence-electron chi connectivity index (χ1n) is 5.79. The number of hydrogen-bond acceptors (Lipinski definition) is 2. The maximum Gasteiger partial charge on any atom is 0.161 e. The van der Waals surface area contributed by atoms with Crippen molar-refractivity contribution in [1.29, 1.82) is 0 Å². The van der Waals surface area contributed by atoms with Crippen molar-refractivity contribution in [3.63, 3.8) is 0 Å². The Labute approximate surface area is 106 Å². The third-order valence-electron chi connectivity index (χ3n) is 2.19. The molecular formula is C13H19BrO2. The topological polar surface area (TPSA) is 18.5 Å². The van der Waals surface area contributed by atoms with Gasteiger partial charge in [0.05, 0.1) is 13.2 Å². The van der Waals surface area contributed by atoms with Gasteiger partial charge in [-0.3, -0.25) is 0 Å². The fraction of sp³-hybridized carbons (Fsp3) is 0.538. The molecule has 0 bridgehead atoms. The molecule has 0 aliphatic carbocycles. The molecule has 0 unspecified atom stereocenters. The number of para-hydroxylation sites is 2. The third kappa shape index (κ3) is 4.88. The molecule has 16 heavy (non-hydrogen) atoms. The molecule has 0 N–H and O–H groups in total. The molecule has 1 aromatic carbocycles. The van der Waals surface area contributed by atoms with Gasteiger partial charge >= 0.3 is 0 Å². The van der Waals surface area contributed by atoms with Gasteiger partial charge in [-0.1, -0.05) is 47.8 Å². The molecule has 0 saturated carbocycles. The lowest BCUT2D eigenvalue weighted by molar-refractivity contribution is 0.272. The van der Waals surface area contributed by atoms with Crippen LogP contribution < -0.4 is 9.47 Å². The van der Waals surface area contributed by atoms with Gasteiger partial charge in [0.1, 0.15) is 0 Å². The van der Waals surface area contributed by atoms with E-state index in [1.807, 2.05) is 24.3 Å². The Morgan fingerprint density at radius 1 is 1.00 bits per heavy atom. The number of rotatable bonds is 8. The molecular weight excluding hydrogens is 268 g/mol. The average Bonchev–Trinajstić information content (AvgIpc) is 2.33. The predicted molar refractivity (Wildman–Crippen MR) is 70.8 cm³/mol. The Bertz CT molecular complexity index is 289. The second-order valence-electron chi connectivity index (χ2n) is 3.54. The van der Waals surface area contributed by atoms with Crippen LogP contribution in [0.3, 0.4) is 0 Å². The largest absolute Gasteiger partial charge is 0.490 e. The molecule has 0 atom stereocenters. The van der Waals surface area contributed by atoms with E-state index in [4.69, 9.17) is 9.47 Å². The highest BCUT2D eigenvalue weighted by atomic mass is 79.9. The zero-order chi connectivity index (χ0) is 11.6. The maximum absolute atomic E-state index is 5.70. The summed E-state index contributed by atoms with van der Waals surface area (Å²) in [4.78, 5) is 0. The summed E-state index contributed by atoms with van der Waals surface area (Å²) in [6.45, 7) is 3.62. The Kier molecular flexibility index (Phi) is 7.06. The SMILES string of the molecule is CCCCCOc1ccccc1OCCBr. The van der Waals surface area contributed by atoms with Gasteiger partial charge in [0.15, 0.2) is 11.5 Å². The average molecular weight is 287 g/mol. The monoisotopic (exact) mass is 286 g/mol. The first-order chi connectivity index (χ1) is 7.88. The van der Waals surface area contributed by atoms with Crippen molar-refractivity contribution in [3.8, 4) is 11.5 Å². The van der Waals surface area contributed by atoms with Gasteiger partial charge in [0.25, 0.3) is 0 Å². The van der Waals surface area contributed by atoms with Crippen LogP contribution in [0.4, 0.5) is 0 Å². The first-order valence-corrected chi connectivity index (χ1v) is 6.91. The van der Waals surface area contributed by atoms with E-state index in [1.165, 1.54) is 12.8 Å². The number of alkyl halides is 1. The lowest BCUT2D eigenvalue weighted by Crippen LogP contribution is -2.02. The summed E-state index contributed by atoms with van der Waals surface area (Å²) in [6.07, 6.45) is 3.53. The Morgan fingerprint density at radius 2 is 1.62 bits per heavy atom. The highest BCUT2D eigenvalue weighted by molar-refractivity contribution is 9.09. The lowest BCUT2D eigenvalue weighted by Gasteiger charge is -2.11. The van der Waals surface area contributed by atoms with E-state index in [0.717, 1.165) is 29.9 Å². The summed E-state index contributed by atoms with van der Waals surface area (Å²) in [6, 6.07) is 7.83. The summed E-state index contributed by atoms with van der Waals surface area (Å²) >= 11 is 3.34. The van der Waals surface area contributed by atoms with E-state index >= 15 is 0 Å². The predicted octanol–water partition coefficient (Wildman–Crippen LogP) is 4.03. The van der Waals surface area contributed by atoms with Crippen LogP contribution in [0.15, 0.2) is 24.3 Å². The normalized spacial score (nSPS) is 10.1. The van der Waals surface area contributed by atoms with Gasteiger partial charge in [0.2, 0.25) is 0 Å². The number of benzene rings is 1. The van der Waals surface area contributed by atoms with Crippen LogP contribution in [-0.4, -0.2) is 18.5 Å². The summed E-state index contributed by atoms with van der Waals surface area (Å²) in [7, 11) is 0. The fourth-order valence-corrected chi connectivity index (χ4v) is 1.53. The van der Waals surface area contributed by atoms with Crippen molar-refractivity contribution in [3.05, 3.63) is 24.3 Å². The van der Waals surface area contributed by atoms with Crippen molar-refractivity contribution in [2.75, 3.05) is 18.5 Å². The number of unbranched alkanes of at least 4 members (excludes halogenated alkanes) is 2. The molecule has 0 heterocycles. The Balaban J connectivity index is 2.43. The molecule has 0 fully saturated rings. The molecule has 0 aliphatic rings. The molecule has 0 spiro atoms. The molecule has 0 aliphatic heterocycles. The lowest BCUT2D eigenvalue weighted by atomic mass is 10.2. The van der Waals surface area contributed by atoms with Crippen molar-refractivity contribution in [2.45, 2.75) is 26.2 Å². The smallest absolute Gasteiger partial charge is 0.161 e. The second-order valence-corrected chi connectivity index (χ2v) is 4.33. The van der Waals surface area contributed by atoms with Crippen LogP contribution in [-0.2, 0) is 0 Å². The van der Waals surface area contributed by atoms with Crippen LogP contribution in [0, 0.1) is 0 Å². The Hall–Kier alpha value is -0.700. The zero-order valence-corrected chi connectivity index (χ0v) is 11.3. The number of hydrogen-bond donors (Lipinski definition) is 0. The molecule has 1 aromatic rings. The number of halogens is 1. The maximum atomic E-state index is 5.70. The van der Waals surface area contributed by atoms with Gasteiger partial charge < -0.3 is 9.47 Å². The second kappa shape index (κ2) is 8.45. The molecule has 2 nitrogen and oxygen atoms in total. The van der Waals surface area contributed by atoms with Crippen LogP contribution in [0.2, 0.25) is 0 Å². The van der Waals surface area contributed by atoms with Crippen molar-refractivity contribution in [1.82, 2.24) is 0 Å². The van der Waals surface area contributed by atoms with Crippen LogP contribution in [0.25, 0.3) is 0 Å². The highest BCUT2D eigenvalue weighted by Crippen LogP contribution is 2.26. The third-order valence-corrected chi connectivity index (χ3v) is 2.51. The quantitative estimate of drug-likeness (QED) is 0.531. The van der Waals surface area contributed by atoms with E-state index in [2.05, 4.69) is 22.9 Å². The van der Waals surface area contributed by atoms with E-state index in [9.17, 15) is 0 Å². The van der Waals surface area contributed by atoms with E-state index in [1.54, 1.807) is 0 Å². The fourth-order valence-electron chi connectivity index (χ4n) is 1.37. The summed E-state index contributed by atoms with van der Waals surface area (Å²) < 4.78 is 11.3. The van der Waals surface area contributed by atoms with Crippen molar-refractivity contribution < 1.29 is 9.47 Å². The minimum atomic E-state index is 0.662. The van der Waals surface area contributed by atoms with Crippen molar-refractivity contribution in [2.24, 2.45) is 0 Å². The van der Waals surface area contributed by atoms with Gasteiger partial charge in [-0.05, 0) is 18.6 Å². The van der Waals surface area contributed by atoms with Gasteiger partial charge in [0, 0.05) is 5.33 Å². The van der Waals surface area contributed by atoms with Crippen LogP contribution in [0.1, 0.15) is 26.2 Å². The minimum Gasteiger partial charge on any atom is -0.490 e. The van der Waals surface area contributed by atoms with E-state index < -0.39 is 0 Å². The summed E-state index contributed by atoms with van der Waals surface area (Å²) in [5.41, 5.74) is 0.